The summed E-state index contributed by atoms with van der Waals surface area (Å²) in [5.41, 5.74) is 1.40. The van der Waals surface area contributed by atoms with E-state index in [1.807, 2.05) is 0 Å². The molecule has 3 aromatic carbocycles. The van der Waals surface area contributed by atoms with E-state index in [0.717, 1.165) is 0 Å². The third-order valence-corrected chi connectivity index (χ3v) is 5.56. The minimum Gasteiger partial charge on any atom is -0.505 e. The normalized spacial score (nSPS) is 11.5. The van der Waals surface area contributed by atoms with E-state index in [-0.39, 0.29) is 22.1 Å². The van der Waals surface area contributed by atoms with Crippen molar-refractivity contribution in [1.82, 2.24) is 15.0 Å². The molecular weight excluding hydrogens is 418 g/mol. The highest BCUT2D eigenvalue weighted by molar-refractivity contribution is 7.87. The van der Waals surface area contributed by atoms with Gasteiger partial charge in [-0.1, -0.05) is 11.6 Å². The average molecular weight is 432 g/mol. The van der Waals surface area contributed by atoms with E-state index in [1.54, 1.807) is 18.2 Å². The van der Waals surface area contributed by atoms with E-state index < -0.39 is 10.1 Å². The molecule has 148 valence electrons. The Balaban J connectivity index is 1.62. The highest BCUT2D eigenvalue weighted by Gasteiger charge is 2.18. The second kappa shape index (κ2) is 7.26. The van der Waals surface area contributed by atoms with E-state index in [0.29, 0.717) is 21.8 Å². The molecule has 0 aliphatic rings. The van der Waals surface area contributed by atoms with Crippen molar-refractivity contribution in [1.29, 1.82) is 0 Å². The summed E-state index contributed by atoms with van der Waals surface area (Å²) < 4.78 is 35.0. The van der Waals surface area contributed by atoms with Gasteiger partial charge in [0, 0.05) is 11.1 Å². The predicted molar refractivity (Wildman–Crippen MR) is 106 cm³/mol. The summed E-state index contributed by atoms with van der Waals surface area (Å²) in [6.07, 6.45) is 0. The summed E-state index contributed by atoms with van der Waals surface area (Å²) >= 11 is 5.95. The van der Waals surface area contributed by atoms with Crippen LogP contribution in [0.3, 0.4) is 0 Å². The van der Waals surface area contributed by atoms with Crippen molar-refractivity contribution >= 4 is 32.8 Å². The number of halogens is 1. The van der Waals surface area contributed by atoms with Crippen molar-refractivity contribution < 1.29 is 22.4 Å². The molecule has 0 aliphatic heterocycles. The van der Waals surface area contributed by atoms with E-state index >= 15 is 0 Å². The number of aromatic hydroxyl groups is 1. The highest BCUT2D eigenvalue weighted by Crippen LogP contribution is 2.29. The Morgan fingerprint density at radius 1 is 0.931 bits per heavy atom. The molecule has 0 fully saturated rings. The Morgan fingerprint density at radius 2 is 1.62 bits per heavy atom. The fourth-order valence-electron chi connectivity index (χ4n) is 2.64. The van der Waals surface area contributed by atoms with E-state index in [4.69, 9.17) is 20.5 Å². The first-order valence-electron chi connectivity index (χ1n) is 8.30. The molecule has 0 bridgehead atoms. The molecule has 0 atom stereocenters. The average Bonchev–Trinajstić information content (AvgIpc) is 3.10. The summed E-state index contributed by atoms with van der Waals surface area (Å²) in [6, 6.07) is 14.8. The number of benzene rings is 3. The van der Waals surface area contributed by atoms with Crippen molar-refractivity contribution in [2.24, 2.45) is 0 Å². The van der Waals surface area contributed by atoms with Crippen molar-refractivity contribution in [2.75, 3.05) is 7.11 Å². The number of phenols is 1. The predicted octanol–water partition coefficient (Wildman–Crippen LogP) is 3.56. The van der Waals surface area contributed by atoms with Crippen molar-refractivity contribution in [2.45, 2.75) is 4.90 Å². The van der Waals surface area contributed by atoms with Gasteiger partial charge in [0.25, 0.3) is 0 Å². The zero-order valence-electron chi connectivity index (χ0n) is 15.0. The summed E-state index contributed by atoms with van der Waals surface area (Å²) in [4.78, 5) is 1.19. The molecule has 10 heteroatoms. The molecule has 4 rings (SSSR count). The Kier molecular flexibility index (Phi) is 4.77. The van der Waals surface area contributed by atoms with Crippen LogP contribution in [0.4, 0.5) is 0 Å². The van der Waals surface area contributed by atoms with Crippen LogP contribution in [0.5, 0.6) is 17.2 Å². The first kappa shape index (κ1) is 19.0. The van der Waals surface area contributed by atoms with E-state index in [2.05, 4.69) is 10.2 Å². The van der Waals surface area contributed by atoms with E-state index in [1.165, 1.54) is 54.4 Å². The summed E-state index contributed by atoms with van der Waals surface area (Å²) in [6.45, 7) is 0. The fraction of sp³-hybridized carbons (Fsp3) is 0.0526. The summed E-state index contributed by atoms with van der Waals surface area (Å²) in [5.74, 6) is 0.215. The zero-order chi connectivity index (χ0) is 20.6. The van der Waals surface area contributed by atoms with Crippen LogP contribution in [0.1, 0.15) is 0 Å². The molecule has 4 aromatic rings. The maximum atomic E-state index is 12.4. The van der Waals surface area contributed by atoms with Gasteiger partial charge in [0.15, 0.2) is 0 Å². The van der Waals surface area contributed by atoms with Gasteiger partial charge in [0.2, 0.25) is 0 Å². The monoisotopic (exact) mass is 431 g/mol. The second-order valence-electron chi connectivity index (χ2n) is 5.99. The number of hydrogen-bond donors (Lipinski definition) is 1. The minimum atomic E-state index is -4.08. The SMILES string of the molecule is COc1ccc(S(=O)(=O)Oc2ccc(-n3nc4ccc(Cl)cc4n3)c(O)c2)cc1. The van der Waals surface area contributed by atoms with Gasteiger partial charge in [-0.15, -0.1) is 15.0 Å². The lowest BCUT2D eigenvalue weighted by Crippen LogP contribution is -2.10. The second-order valence-corrected chi connectivity index (χ2v) is 7.97. The van der Waals surface area contributed by atoms with Gasteiger partial charge in [-0.05, 0) is 54.6 Å². The largest absolute Gasteiger partial charge is 0.505 e. The smallest absolute Gasteiger partial charge is 0.339 e. The van der Waals surface area contributed by atoms with E-state index in [9.17, 15) is 13.5 Å². The number of ether oxygens (including phenoxy) is 1. The number of rotatable bonds is 5. The van der Waals surface area contributed by atoms with Crippen molar-refractivity contribution in [3.8, 4) is 22.9 Å². The topological polar surface area (TPSA) is 104 Å². The molecule has 0 saturated heterocycles. The van der Waals surface area contributed by atoms with Crippen LogP contribution >= 0.6 is 11.6 Å². The molecule has 0 saturated carbocycles. The Labute approximate surface area is 171 Å². The highest BCUT2D eigenvalue weighted by atomic mass is 35.5. The quantitative estimate of drug-likeness (QED) is 0.482. The molecule has 29 heavy (non-hydrogen) atoms. The standard InChI is InChI=1S/C19H14ClN3O5S/c1-27-13-3-6-15(7-4-13)29(25,26)28-14-5-9-18(19(24)11-14)23-21-16-8-2-12(20)10-17(16)22-23/h2-11,24H,1H3. The number of fused-ring (bicyclic) bond motifs is 1. The Morgan fingerprint density at radius 3 is 2.31 bits per heavy atom. The fourth-order valence-corrected chi connectivity index (χ4v) is 3.73. The van der Waals surface area contributed by atoms with Gasteiger partial charge in [-0.3, -0.25) is 0 Å². The summed E-state index contributed by atoms with van der Waals surface area (Å²) in [7, 11) is -2.59. The molecule has 0 spiro atoms. The first-order valence-corrected chi connectivity index (χ1v) is 10.1. The molecule has 0 aliphatic carbocycles. The maximum absolute atomic E-state index is 12.4. The molecule has 0 radical (unpaired) electrons. The lowest BCUT2D eigenvalue weighted by atomic mass is 10.3. The Hall–Kier alpha value is -3.30. The van der Waals surface area contributed by atoms with Gasteiger partial charge in [-0.2, -0.15) is 8.42 Å². The van der Waals surface area contributed by atoms with Crippen LogP contribution in [0.15, 0.2) is 65.6 Å². The number of hydrogen-bond acceptors (Lipinski definition) is 7. The van der Waals surface area contributed by atoms with Crippen LogP contribution in [0, 0.1) is 0 Å². The van der Waals surface area contributed by atoms with Crippen LogP contribution in [-0.2, 0) is 10.1 Å². The molecule has 1 heterocycles. The van der Waals surface area contributed by atoms with Gasteiger partial charge < -0.3 is 14.0 Å². The minimum absolute atomic E-state index is 0.0428. The molecular formula is C19H14ClN3O5S. The molecule has 0 amide bonds. The van der Waals surface area contributed by atoms with Crippen molar-refractivity contribution in [3.05, 3.63) is 65.7 Å². The lowest BCUT2D eigenvalue weighted by Gasteiger charge is -2.09. The molecule has 8 nitrogen and oxygen atoms in total. The number of phenolic OH excluding ortho intramolecular Hbond substituents is 1. The Bertz CT molecular complexity index is 1300. The maximum Gasteiger partial charge on any atom is 0.339 e. The first-order chi connectivity index (χ1) is 13.9. The third-order valence-electron chi connectivity index (χ3n) is 4.06. The number of aromatic nitrogens is 3. The van der Waals surface area contributed by atoms with Crippen LogP contribution in [-0.4, -0.2) is 35.6 Å². The van der Waals surface area contributed by atoms with Gasteiger partial charge in [0.1, 0.15) is 38.9 Å². The lowest BCUT2D eigenvalue weighted by molar-refractivity contribution is 0.414. The van der Waals surface area contributed by atoms with Crippen molar-refractivity contribution in [3.63, 3.8) is 0 Å². The summed E-state index contributed by atoms with van der Waals surface area (Å²) in [5, 5.41) is 19.4. The third kappa shape index (κ3) is 3.82. The van der Waals surface area contributed by atoms with Gasteiger partial charge in [0.05, 0.1) is 7.11 Å². The molecule has 1 aromatic heterocycles. The number of methoxy groups -OCH3 is 1. The van der Waals surface area contributed by atoms with Crippen LogP contribution < -0.4 is 8.92 Å². The van der Waals surface area contributed by atoms with Gasteiger partial charge >= 0.3 is 10.1 Å². The van der Waals surface area contributed by atoms with Crippen LogP contribution in [0.25, 0.3) is 16.7 Å². The van der Waals surface area contributed by atoms with Crippen LogP contribution in [0.2, 0.25) is 5.02 Å². The van der Waals surface area contributed by atoms with Gasteiger partial charge in [-0.25, -0.2) is 0 Å². The molecule has 1 N–H and O–H groups in total. The molecule has 0 unspecified atom stereocenters. The zero-order valence-corrected chi connectivity index (χ0v) is 16.6. The number of nitrogens with zero attached hydrogens (tertiary/aromatic N) is 3.